The van der Waals surface area contributed by atoms with Crippen LogP contribution in [0.4, 0.5) is 0 Å². The largest absolute Gasteiger partial charge is 0.459 e. The first-order chi connectivity index (χ1) is 12.6. The van der Waals surface area contributed by atoms with Crippen LogP contribution >= 0.6 is 11.6 Å². The molecule has 0 aromatic rings. The molecule has 6 atom stereocenters. The van der Waals surface area contributed by atoms with Crippen molar-refractivity contribution < 1.29 is 28.6 Å². The van der Waals surface area contributed by atoms with Crippen LogP contribution in [-0.4, -0.2) is 41.6 Å². The molecule has 0 bridgehead atoms. The minimum Gasteiger partial charge on any atom is -0.459 e. The van der Waals surface area contributed by atoms with Crippen molar-refractivity contribution in [1.82, 2.24) is 0 Å². The topological polar surface area (TPSA) is 82.2 Å². The van der Waals surface area contributed by atoms with E-state index in [0.29, 0.717) is 17.6 Å². The third kappa shape index (κ3) is 2.46. The van der Waals surface area contributed by atoms with Gasteiger partial charge in [0.05, 0.1) is 17.1 Å². The fourth-order valence-electron chi connectivity index (χ4n) is 4.44. The Morgan fingerprint density at radius 2 is 1.96 bits per heavy atom. The van der Waals surface area contributed by atoms with E-state index >= 15 is 0 Å². The predicted molar refractivity (Wildman–Crippen MR) is 95.7 cm³/mol. The van der Waals surface area contributed by atoms with Gasteiger partial charge in [-0.3, -0.25) is 4.79 Å². The molecule has 0 spiro atoms. The van der Waals surface area contributed by atoms with Crippen LogP contribution in [0.25, 0.3) is 0 Å². The molecule has 144 valence electrons. The molecule has 7 heteroatoms. The summed E-state index contributed by atoms with van der Waals surface area (Å²) in [6, 6.07) is 0. The van der Waals surface area contributed by atoms with Crippen LogP contribution < -0.4 is 0 Å². The minimum atomic E-state index is -0.974. The molecular weight excluding hydrogens is 372 g/mol. The smallest absolute Gasteiger partial charge is 0.341 e. The van der Waals surface area contributed by atoms with Crippen LogP contribution in [0.15, 0.2) is 33.9 Å². The van der Waals surface area contributed by atoms with Crippen LogP contribution in [-0.2, 0) is 28.6 Å². The number of ketones is 1. The van der Waals surface area contributed by atoms with Crippen LogP contribution in [0.5, 0.6) is 0 Å². The van der Waals surface area contributed by atoms with Gasteiger partial charge in [0.15, 0.2) is 5.60 Å². The Morgan fingerprint density at radius 1 is 1.33 bits per heavy atom. The Bertz CT molecular complexity index is 868. The molecule has 0 radical (unpaired) electrons. The van der Waals surface area contributed by atoms with Crippen molar-refractivity contribution in [2.45, 2.75) is 58.0 Å². The number of carbonyl (C=O) groups excluding carboxylic acids is 3. The number of rotatable bonds is 2. The number of allylic oxidation sites excluding steroid dienone is 1. The van der Waals surface area contributed by atoms with Crippen LogP contribution in [0, 0.1) is 11.8 Å². The summed E-state index contributed by atoms with van der Waals surface area (Å²) in [4.78, 5) is 37.5. The zero-order chi connectivity index (χ0) is 19.8. The van der Waals surface area contributed by atoms with E-state index in [4.69, 9.17) is 25.8 Å². The van der Waals surface area contributed by atoms with Crippen molar-refractivity contribution in [2.75, 3.05) is 0 Å². The lowest BCUT2D eigenvalue weighted by atomic mass is 9.82. The summed E-state index contributed by atoms with van der Waals surface area (Å²) in [6.07, 6.45) is -1.24. The van der Waals surface area contributed by atoms with E-state index in [0.717, 1.165) is 5.57 Å². The molecule has 2 fully saturated rings. The molecule has 2 saturated heterocycles. The number of Topliss-reactive ketones (excluding diaryl/α,β-unsaturated/α-hetero) is 1. The van der Waals surface area contributed by atoms with E-state index in [9.17, 15) is 14.4 Å². The summed E-state index contributed by atoms with van der Waals surface area (Å²) in [6.45, 7) is 10.9. The fraction of sp³-hybridized carbons (Fsp3) is 0.550. The Hall–Kier alpha value is -1.92. The molecule has 0 aromatic carbocycles. The first-order valence-electron chi connectivity index (χ1n) is 8.97. The molecule has 0 saturated carbocycles. The maximum Gasteiger partial charge on any atom is 0.341 e. The Morgan fingerprint density at radius 3 is 2.56 bits per heavy atom. The summed E-state index contributed by atoms with van der Waals surface area (Å²) in [5.41, 5.74) is 1.27. The number of hydrogen-bond acceptors (Lipinski definition) is 6. The number of epoxide rings is 1. The van der Waals surface area contributed by atoms with Gasteiger partial charge in [0.2, 0.25) is 5.78 Å². The van der Waals surface area contributed by atoms with Gasteiger partial charge in [-0.1, -0.05) is 23.8 Å². The molecule has 0 N–H and O–H groups in total. The van der Waals surface area contributed by atoms with Crippen molar-refractivity contribution in [2.24, 2.45) is 11.8 Å². The summed E-state index contributed by atoms with van der Waals surface area (Å²) >= 11 is 6.21. The van der Waals surface area contributed by atoms with E-state index in [1.54, 1.807) is 20.8 Å². The van der Waals surface area contributed by atoms with Crippen LogP contribution in [0.3, 0.4) is 0 Å². The van der Waals surface area contributed by atoms with Crippen molar-refractivity contribution in [1.29, 1.82) is 0 Å². The number of hydrogen-bond donors (Lipinski definition) is 0. The highest BCUT2D eigenvalue weighted by Crippen LogP contribution is 2.51. The number of esters is 2. The molecule has 27 heavy (non-hydrogen) atoms. The first-order valence-corrected chi connectivity index (χ1v) is 9.35. The minimum absolute atomic E-state index is 0.171. The highest BCUT2D eigenvalue weighted by atomic mass is 35.5. The first kappa shape index (κ1) is 18.4. The van der Waals surface area contributed by atoms with Gasteiger partial charge >= 0.3 is 11.9 Å². The van der Waals surface area contributed by atoms with E-state index in [2.05, 4.69) is 6.58 Å². The lowest BCUT2D eigenvalue weighted by Gasteiger charge is -2.28. The average Bonchev–Trinajstić information content (AvgIpc) is 3.07. The van der Waals surface area contributed by atoms with Crippen LogP contribution in [0.1, 0.15) is 34.1 Å². The summed E-state index contributed by atoms with van der Waals surface area (Å²) < 4.78 is 16.7. The lowest BCUT2D eigenvalue weighted by molar-refractivity contribution is -0.158. The van der Waals surface area contributed by atoms with Gasteiger partial charge in [0.1, 0.15) is 12.2 Å². The van der Waals surface area contributed by atoms with Gasteiger partial charge < -0.3 is 14.2 Å². The Balaban J connectivity index is 1.74. The number of ether oxygens (including phenoxy) is 3. The number of carbonyl (C=O) groups is 3. The second kappa shape index (κ2) is 5.79. The normalized spacial score (nSPS) is 40.6. The van der Waals surface area contributed by atoms with Crippen molar-refractivity contribution >= 4 is 29.3 Å². The molecule has 0 aromatic heterocycles. The quantitative estimate of drug-likeness (QED) is 0.408. The molecule has 6 nitrogen and oxygen atoms in total. The lowest BCUT2D eigenvalue weighted by Crippen LogP contribution is -2.38. The van der Waals surface area contributed by atoms with Gasteiger partial charge in [-0.05, 0) is 33.3 Å². The number of halogens is 1. The zero-order valence-corrected chi connectivity index (χ0v) is 16.4. The van der Waals surface area contributed by atoms with Crippen LogP contribution in [0.2, 0.25) is 0 Å². The summed E-state index contributed by atoms with van der Waals surface area (Å²) in [7, 11) is 0. The SMILES string of the molecule is C=C1C(=O)OC2C3C(C)=C(Cl)C(=O)C3=C(C)CC(OC(=O)C3(C)OC3C)C12. The van der Waals surface area contributed by atoms with E-state index in [1.165, 1.54) is 0 Å². The second-order valence-corrected chi connectivity index (χ2v) is 8.31. The van der Waals surface area contributed by atoms with Crippen molar-refractivity contribution in [3.8, 4) is 0 Å². The van der Waals surface area contributed by atoms with Crippen molar-refractivity contribution in [3.05, 3.63) is 33.9 Å². The van der Waals surface area contributed by atoms with E-state index < -0.39 is 41.6 Å². The second-order valence-electron chi connectivity index (χ2n) is 7.93. The molecule has 4 rings (SSSR count). The van der Waals surface area contributed by atoms with Gasteiger partial charge in [-0.25, -0.2) is 9.59 Å². The fourth-order valence-corrected chi connectivity index (χ4v) is 4.65. The molecule has 2 aliphatic carbocycles. The summed E-state index contributed by atoms with van der Waals surface area (Å²) in [5, 5.41) is 0.171. The molecule has 6 unspecified atom stereocenters. The molecule has 2 heterocycles. The molecular formula is C20H21ClO6. The van der Waals surface area contributed by atoms with Crippen molar-refractivity contribution in [3.63, 3.8) is 0 Å². The standard InChI is InChI=1S/C20H21ClO6/c1-7-6-11(25-19(24)20(5)10(4)27-20)13-9(3)18(23)26-17(13)14-8(2)15(21)16(22)12(7)14/h10-11,13-14,17H,3,6H2,1-2,4-5H3. The summed E-state index contributed by atoms with van der Waals surface area (Å²) in [5.74, 6) is -2.24. The molecule has 0 amide bonds. The maximum atomic E-state index is 12.7. The highest BCUT2D eigenvalue weighted by Gasteiger charge is 2.60. The van der Waals surface area contributed by atoms with Gasteiger partial charge in [0, 0.05) is 23.5 Å². The third-order valence-electron chi connectivity index (χ3n) is 6.33. The highest BCUT2D eigenvalue weighted by molar-refractivity contribution is 6.47. The third-order valence-corrected chi connectivity index (χ3v) is 6.80. The monoisotopic (exact) mass is 392 g/mol. The maximum absolute atomic E-state index is 12.7. The van der Waals surface area contributed by atoms with E-state index in [1.807, 2.05) is 6.92 Å². The molecule has 4 aliphatic rings. The average molecular weight is 393 g/mol. The molecule has 2 aliphatic heterocycles. The van der Waals surface area contributed by atoms with Gasteiger partial charge in [-0.2, -0.15) is 0 Å². The van der Waals surface area contributed by atoms with Gasteiger partial charge in [0.25, 0.3) is 0 Å². The Labute approximate surface area is 162 Å². The Kier molecular flexibility index (Phi) is 3.95. The zero-order valence-electron chi connectivity index (χ0n) is 15.6. The predicted octanol–water partition coefficient (Wildman–Crippen LogP) is 2.61. The van der Waals surface area contributed by atoms with E-state index in [-0.39, 0.29) is 22.5 Å². The van der Waals surface area contributed by atoms with Gasteiger partial charge in [-0.15, -0.1) is 0 Å². The number of fused-ring (bicyclic) bond motifs is 3.